The molecule has 0 aliphatic heterocycles. The molecule has 0 saturated heterocycles. The average molecular weight is 350 g/mol. The molecule has 0 aliphatic carbocycles. The van der Waals surface area contributed by atoms with Gasteiger partial charge in [-0.2, -0.15) is 0 Å². The number of halogens is 3. The van der Waals surface area contributed by atoms with Gasteiger partial charge in [-0.1, -0.05) is 35.0 Å². The Bertz CT molecular complexity index is 543. The van der Waals surface area contributed by atoms with Gasteiger partial charge in [-0.05, 0) is 34.1 Å². The minimum Gasteiger partial charge on any atom is -0.397 e. The number of nitrogen functional groups attached to an aromatic ring is 1. The van der Waals surface area contributed by atoms with Crippen LogP contribution < -0.4 is 5.73 Å². The third-order valence-corrected chi connectivity index (χ3v) is 4.74. The van der Waals surface area contributed by atoms with E-state index in [4.69, 9.17) is 28.9 Å². The van der Waals surface area contributed by atoms with Gasteiger partial charge in [0.15, 0.2) is 0 Å². The van der Waals surface area contributed by atoms with Crippen molar-refractivity contribution in [3.63, 3.8) is 0 Å². The molecule has 1 aromatic carbocycles. The van der Waals surface area contributed by atoms with Crippen LogP contribution in [0.5, 0.6) is 0 Å². The molecule has 0 spiro atoms. The SMILES string of the molecule is Nc1cncc(Br)c1Sc1cc(Cl)ccc1Cl. The molecule has 17 heavy (non-hydrogen) atoms. The Morgan fingerprint density at radius 2 is 2.00 bits per heavy atom. The van der Waals surface area contributed by atoms with Crippen molar-refractivity contribution in [2.45, 2.75) is 9.79 Å². The maximum Gasteiger partial charge on any atom is 0.0653 e. The van der Waals surface area contributed by atoms with E-state index in [-0.39, 0.29) is 0 Å². The van der Waals surface area contributed by atoms with E-state index in [1.165, 1.54) is 11.8 Å². The normalized spacial score (nSPS) is 10.5. The number of hydrogen-bond donors (Lipinski definition) is 1. The van der Waals surface area contributed by atoms with Crippen molar-refractivity contribution >= 4 is 56.6 Å². The maximum absolute atomic E-state index is 6.10. The highest BCUT2D eigenvalue weighted by Gasteiger charge is 2.10. The van der Waals surface area contributed by atoms with Crippen LogP contribution in [-0.2, 0) is 0 Å². The van der Waals surface area contributed by atoms with Gasteiger partial charge in [-0.25, -0.2) is 0 Å². The van der Waals surface area contributed by atoms with E-state index >= 15 is 0 Å². The molecule has 1 heterocycles. The van der Waals surface area contributed by atoms with Crippen LogP contribution in [0.2, 0.25) is 10.0 Å². The molecular weight excluding hydrogens is 343 g/mol. The largest absolute Gasteiger partial charge is 0.397 e. The topological polar surface area (TPSA) is 38.9 Å². The molecule has 88 valence electrons. The summed E-state index contributed by atoms with van der Waals surface area (Å²) in [6, 6.07) is 5.32. The van der Waals surface area contributed by atoms with Gasteiger partial charge in [0.2, 0.25) is 0 Å². The monoisotopic (exact) mass is 348 g/mol. The predicted molar refractivity (Wildman–Crippen MR) is 76.9 cm³/mol. The molecule has 0 saturated carbocycles. The van der Waals surface area contributed by atoms with Crippen molar-refractivity contribution in [2.24, 2.45) is 0 Å². The minimum absolute atomic E-state index is 0.598. The number of benzene rings is 1. The van der Waals surface area contributed by atoms with E-state index in [9.17, 15) is 0 Å². The summed E-state index contributed by atoms with van der Waals surface area (Å²) in [4.78, 5) is 5.72. The minimum atomic E-state index is 0.598. The highest BCUT2D eigenvalue weighted by molar-refractivity contribution is 9.10. The molecule has 0 fully saturated rings. The summed E-state index contributed by atoms with van der Waals surface area (Å²) >= 11 is 16.9. The fourth-order valence-electron chi connectivity index (χ4n) is 1.21. The van der Waals surface area contributed by atoms with Gasteiger partial charge < -0.3 is 5.73 Å². The number of nitrogens with zero attached hydrogens (tertiary/aromatic N) is 1. The lowest BCUT2D eigenvalue weighted by molar-refractivity contribution is 1.24. The van der Waals surface area contributed by atoms with E-state index in [2.05, 4.69) is 20.9 Å². The molecule has 0 radical (unpaired) electrons. The Morgan fingerprint density at radius 1 is 1.24 bits per heavy atom. The number of anilines is 1. The maximum atomic E-state index is 6.10. The van der Waals surface area contributed by atoms with Crippen LogP contribution in [0.4, 0.5) is 5.69 Å². The van der Waals surface area contributed by atoms with Crippen molar-refractivity contribution < 1.29 is 0 Å². The fraction of sp³-hybridized carbons (Fsp3) is 0. The summed E-state index contributed by atoms with van der Waals surface area (Å²) in [7, 11) is 0. The number of pyridine rings is 1. The van der Waals surface area contributed by atoms with Gasteiger partial charge in [0.1, 0.15) is 0 Å². The number of aromatic nitrogens is 1. The number of hydrogen-bond acceptors (Lipinski definition) is 3. The van der Waals surface area contributed by atoms with E-state index in [0.29, 0.717) is 15.7 Å². The second kappa shape index (κ2) is 5.48. The zero-order chi connectivity index (χ0) is 12.4. The quantitative estimate of drug-likeness (QED) is 0.839. The van der Waals surface area contributed by atoms with Crippen LogP contribution in [0.1, 0.15) is 0 Å². The Hall–Kier alpha value is -0.420. The molecule has 0 aliphatic rings. The average Bonchev–Trinajstić information content (AvgIpc) is 2.28. The van der Waals surface area contributed by atoms with Crippen LogP contribution in [0, 0.1) is 0 Å². The molecule has 0 bridgehead atoms. The molecule has 0 amide bonds. The summed E-state index contributed by atoms with van der Waals surface area (Å²) in [5.41, 5.74) is 6.47. The van der Waals surface area contributed by atoms with Crippen molar-refractivity contribution in [3.8, 4) is 0 Å². The third-order valence-electron chi connectivity index (χ3n) is 1.99. The second-order valence-electron chi connectivity index (χ2n) is 3.22. The van der Waals surface area contributed by atoms with Gasteiger partial charge in [-0.15, -0.1) is 0 Å². The van der Waals surface area contributed by atoms with Crippen LogP contribution in [-0.4, -0.2) is 4.98 Å². The Balaban J connectivity index is 2.41. The van der Waals surface area contributed by atoms with E-state index in [1.54, 1.807) is 30.6 Å². The van der Waals surface area contributed by atoms with E-state index < -0.39 is 0 Å². The summed E-state index contributed by atoms with van der Waals surface area (Å²) in [5.74, 6) is 0. The lowest BCUT2D eigenvalue weighted by Gasteiger charge is -2.08. The standard InChI is InChI=1S/C11H7BrCl2N2S/c12-7-4-16-5-9(15)11(7)17-10-3-6(13)1-2-8(10)14/h1-5H,15H2. The van der Waals surface area contributed by atoms with E-state index in [1.807, 2.05) is 0 Å². The van der Waals surface area contributed by atoms with Gasteiger partial charge in [0.05, 0.1) is 26.3 Å². The number of rotatable bonds is 2. The first-order valence-corrected chi connectivity index (χ1v) is 6.96. The predicted octanol–water partition coefficient (Wildman–Crippen LogP) is 4.88. The molecule has 1 aromatic heterocycles. The molecule has 0 atom stereocenters. The lowest BCUT2D eigenvalue weighted by atomic mass is 10.4. The molecular formula is C11H7BrCl2N2S. The molecule has 2 aromatic rings. The molecule has 2 rings (SSSR count). The highest BCUT2D eigenvalue weighted by atomic mass is 79.9. The van der Waals surface area contributed by atoms with Crippen molar-refractivity contribution in [3.05, 3.63) is 45.1 Å². The third kappa shape index (κ3) is 3.07. The molecule has 6 heteroatoms. The number of nitrogens with two attached hydrogens (primary N) is 1. The first kappa shape index (κ1) is 13.0. The fourth-order valence-corrected chi connectivity index (χ4v) is 3.16. The molecule has 2 N–H and O–H groups in total. The first-order chi connectivity index (χ1) is 8.08. The van der Waals surface area contributed by atoms with Gasteiger partial charge in [0, 0.05) is 16.1 Å². The summed E-state index contributed by atoms with van der Waals surface area (Å²) in [5, 5.41) is 1.28. The summed E-state index contributed by atoms with van der Waals surface area (Å²) in [6.07, 6.45) is 3.29. The highest BCUT2D eigenvalue weighted by Crippen LogP contribution is 2.40. The Kier molecular flexibility index (Phi) is 4.20. The van der Waals surface area contributed by atoms with Crippen LogP contribution in [0.25, 0.3) is 0 Å². The smallest absolute Gasteiger partial charge is 0.0653 e. The summed E-state index contributed by atoms with van der Waals surface area (Å²) < 4.78 is 0.832. The zero-order valence-electron chi connectivity index (χ0n) is 8.45. The van der Waals surface area contributed by atoms with Crippen LogP contribution >= 0.6 is 50.9 Å². The van der Waals surface area contributed by atoms with Gasteiger partial charge >= 0.3 is 0 Å². The zero-order valence-corrected chi connectivity index (χ0v) is 12.4. The first-order valence-electron chi connectivity index (χ1n) is 4.60. The second-order valence-corrected chi connectivity index (χ2v) is 5.97. The molecule has 2 nitrogen and oxygen atoms in total. The van der Waals surface area contributed by atoms with Crippen molar-refractivity contribution in [2.75, 3.05) is 5.73 Å². The lowest BCUT2D eigenvalue weighted by Crippen LogP contribution is -1.91. The van der Waals surface area contributed by atoms with Gasteiger partial charge in [-0.3, -0.25) is 4.98 Å². The van der Waals surface area contributed by atoms with Crippen LogP contribution in [0.3, 0.4) is 0 Å². The van der Waals surface area contributed by atoms with Crippen LogP contribution in [0.15, 0.2) is 44.9 Å². The molecule has 0 unspecified atom stereocenters. The van der Waals surface area contributed by atoms with Gasteiger partial charge in [0.25, 0.3) is 0 Å². The van der Waals surface area contributed by atoms with Crippen molar-refractivity contribution in [1.29, 1.82) is 0 Å². The Morgan fingerprint density at radius 3 is 2.71 bits per heavy atom. The van der Waals surface area contributed by atoms with E-state index in [0.717, 1.165) is 14.3 Å². The van der Waals surface area contributed by atoms with Crippen molar-refractivity contribution in [1.82, 2.24) is 4.98 Å². The Labute approximate surface area is 122 Å². The summed E-state index contributed by atoms with van der Waals surface area (Å²) in [6.45, 7) is 0.